The van der Waals surface area contributed by atoms with Gasteiger partial charge in [-0.1, -0.05) is 30.9 Å². The van der Waals surface area contributed by atoms with Crippen molar-refractivity contribution in [1.82, 2.24) is 0 Å². The zero-order chi connectivity index (χ0) is 10.7. The number of carbonyl (C=O) groups is 1. The van der Waals surface area contributed by atoms with E-state index in [-0.39, 0.29) is 0 Å². The van der Waals surface area contributed by atoms with Crippen molar-refractivity contribution in [3.8, 4) is 0 Å². The van der Waals surface area contributed by atoms with Crippen molar-refractivity contribution in [1.29, 1.82) is 0 Å². The molecule has 0 N–H and O–H groups in total. The smallest absolute Gasteiger partial charge is 0.145 e. The van der Waals surface area contributed by atoms with Crippen molar-refractivity contribution < 1.29 is 4.79 Å². The zero-order valence-electron chi connectivity index (χ0n) is 8.91. The third-order valence-electron chi connectivity index (χ3n) is 3.10. The summed E-state index contributed by atoms with van der Waals surface area (Å²) in [6.45, 7) is 3.77. The van der Waals surface area contributed by atoms with Gasteiger partial charge in [0.05, 0.1) is 0 Å². The van der Waals surface area contributed by atoms with Crippen LogP contribution in [0.2, 0.25) is 0 Å². The van der Waals surface area contributed by atoms with Crippen LogP contribution in [0.3, 0.4) is 0 Å². The van der Waals surface area contributed by atoms with Gasteiger partial charge in [0.1, 0.15) is 6.29 Å². The summed E-state index contributed by atoms with van der Waals surface area (Å²) >= 11 is 0. The molecule has 2 rings (SSSR count). The molecule has 1 unspecified atom stereocenters. The minimum Gasteiger partial charge on any atom is -0.298 e. The zero-order valence-corrected chi connectivity index (χ0v) is 8.91. The van der Waals surface area contributed by atoms with Gasteiger partial charge in [0.15, 0.2) is 0 Å². The maximum atomic E-state index is 10.6. The number of allylic oxidation sites excluding steroid dienone is 7. The summed E-state index contributed by atoms with van der Waals surface area (Å²) in [4.78, 5) is 10.6. The van der Waals surface area contributed by atoms with E-state index in [1.807, 2.05) is 0 Å². The molecular weight excluding hydrogens is 184 g/mol. The summed E-state index contributed by atoms with van der Waals surface area (Å²) < 4.78 is 0. The molecule has 0 aliphatic heterocycles. The predicted molar refractivity (Wildman–Crippen MR) is 62.5 cm³/mol. The molecule has 0 saturated heterocycles. The van der Waals surface area contributed by atoms with E-state index in [1.165, 1.54) is 11.1 Å². The number of aldehydes is 1. The highest BCUT2D eigenvalue weighted by atomic mass is 16.1. The lowest BCUT2D eigenvalue weighted by molar-refractivity contribution is -0.105. The highest BCUT2D eigenvalue weighted by Gasteiger charge is 2.19. The van der Waals surface area contributed by atoms with Crippen LogP contribution in [-0.4, -0.2) is 6.29 Å². The first-order valence-corrected chi connectivity index (χ1v) is 5.50. The van der Waals surface area contributed by atoms with Gasteiger partial charge in [-0.15, -0.1) is 0 Å². The Bertz CT molecular complexity index is 369. The van der Waals surface area contributed by atoms with Crippen LogP contribution >= 0.6 is 0 Å². The minimum absolute atomic E-state index is 0.472. The molecule has 1 nitrogen and oxygen atoms in total. The third kappa shape index (κ3) is 2.17. The lowest BCUT2D eigenvalue weighted by Crippen LogP contribution is -2.11. The number of hydrogen-bond acceptors (Lipinski definition) is 1. The molecule has 0 spiro atoms. The lowest BCUT2D eigenvalue weighted by atomic mass is 9.80. The molecule has 0 amide bonds. The van der Waals surface area contributed by atoms with E-state index < -0.39 is 0 Å². The highest BCUT2D eigenvalue weighted by molar-refractivity contribution is 5.72. The monoisotopic (exact) mass is 200 g/mol. The normalized spacial score (nSPS) is 23.9. The fourth-order valence-electron chi connectivity index (χ4n) is 2.34. The molecule has 0 heterocycles. The minimum atomic E-state index is 0.472. The molecule has 1 heteroatoms. The first kappa shape index (κ1) is 10.2. The van der Waals surface area contributed by atoms with Crippen LogP contribution in [0, 0.1) is 5.92 Å². The molecule has 0 aromatic rings. The molecule has 0 fully saturated rings. The van der Waals surface area contributed by atoms with Gasteiger partial charge >= 0.3 is 0 Å². The van der Waals surface area contributed by atoms with Gasteiger partial charge in [0, 0.05) is 0 Å². The van der Waals surface area contributed by atoms with Crippen LogP contribution in [0.15, 0.2) is 47.6 Å². The van der Waals surface area contributed by atoms with Gasteiger partial charge in [-0.25, -0.2) is 0 Å². The SMILES string of the molecule is C=C(C=O)CC1CC=CC2=C1C=CCC2. The highest BCUT2D eigenvalue weighted by Crippen LogP contribution is 2.34. The maximum Gasteiger partial charge on any atom is 0.145 e. The number of rotatable bonds is 3. The first-order chi connectivity index (χ1) is 7.31. The molecule has 0 saturated carbocycles. The molecule has 78 valence electrons. The molecule has 15 heavy (non-hydrogen) atoms. The summed E-state index contributed by atoms with van der Waals surface area (Å²) in [7, 11) is 0. The molecule has 0 radical (unpaired) electrons. The Labute approximate surface area is 90.9 Å². The Morgan fingerprint density at radius 3 is 3.13 bits per heavy atom. The van der Waals surface area contributed by atoms with Crippen LogP contribution in [0.1, 0.15) is 25.7 Å². The van der Waals surface area contributed by atoms with Gasteiger partial charge in [-0.3, -0.25) is 4.79 Å². The summed E-state index contributed by atoms with van der Waals surface area (Å²) in [6.07, 6.45) is 13.9. The Morgan fingerprint density at radius 1 is 1.47 bits per heavy atom. The lowest BCUT2D eigenvalue weighted by Gasteiger charge is -2.25. The molecule has 1 atom stereocenters. The molecule has 0 aromatic heterocycles. The molecule has 0 bridgehead atoms. The second-order valence-corrected chi connectivity index (χ2v) is 4.24. The third-order valence-corrected chi connectivity index (χ3v) is 3.10. The Morgan fingerprint density at radius 2 is 2.33 bits per heavy atom. The van der Waals surface area contributed by atoms with Crippen LogP contribution < -0.4 is 0 Å². The second kappa shape index (κ2) is 4.43. The maximum absolute atomic E-state index is 10.6. The Kier molecular flexibility index (Phi) is 3.00. The largest absolute Gasteiger partial charge is 0.298 e. The van der Waals surface area contributed by atoms with Crippen molar-refractivity contribution in [2.75, 3.05) is 0 Å². The summed E-state index contributed by atoms with van der Waals surface area (Å²) in [6, 6.07) is 0. The van der Waals surface area contributed by atoms with Crippen molar-refractivity contribution >= 4 is 6.29 Å². The Balaban J connectivity index is 2.17. The molecule has 2 aliphatic carbocycles. The summed E-state index contributed by atoms with van der Waals surface area (Å²) in [5, 5.41) is 0. The molecule has 0 aromatic carbocycles. The van der Waals surface area contributed by atoms with Crippen LogP contribution in [-0.2, 0) is 4.79 Å². The fraction of sp³-hybridized carbons (Fsp3) is 0.357. The van der Waals surface area contributed by atoms with Crippen LogP contribution in [0.25, 0.3) is 0 Å². The quantitative estimate of drug-likeness (QED) is 0.504. The van der Waals surface area contributed by atoms with E-state index >= 15 is 0 Å². The van der Waals surface area contributed by atoms with Crippen LogP contribution in [0.5, 0.6) is 0 Å². The number of hydrogen-bond donors (Lipinski definition) is 0. The topological polar surface area (TPSA) is 17.1 Å². The number of carbonyl (C=O) groups excluding carboxylic acids is 1. The second-order valence-electron chi connectivity index (χ2n) is 4.24. The van der Waals surface area contributed by atoms with Gasteiger partial charge in [0.2, 0.25) is 0 Å². The molecule has 2 aliphatic rings. The van der Waals surface area contributed by atoms with E-state index in [9.17, 15) is 4.79 Å². The van der Waals surface area contributed by atoms with E-state index in [0.29, 0.717) is 11.5 Å². The average Bonchev–Trinajstić information content (AvgIpc) is 2.29. The van der Waals surface area contributed by atoms with Crippen molar-refractivity contribution in [2.24, 2.45) is 5.92 Å². The standard InChI is InChI=1S/C14H16O/c1-11(10-15)9-13-7-4-6-12-5-2-3-8-14(12)13/h3-4,6,8,10,13H,1-2,5,7,9H2. The predicted octanol–water partition coefficient (Wildman–Crippen LogP) is 3.35. The average molecular weight is 200 g/mol. The van der Waals surface area contributed by atoms with Crippen LogP contribution in [0.4, 0.5) is 0 Å². The molecular formula is C14H16O. The summed E-state index contributed by atoms with van der Waals surface area (Å²) in [5.74, 6) is 0.472. The van der Waals surface area contributed by atoms with Gasteiger partial charge < -0.3 is 0 Å². The summed E-state index contributed by atoms with van der Waals surface area (Å²) in [5.41, 5.74) is 3.58. The van der Waals surface area contributed by atoms with Crippen molar-refractivity contribution in [3.63, 3.8) is 0 Å². The van der Waals surface area contributed by atoms with Gasteiger partial charge in [-0.05, 0) is 48.3 Å². The van der Waals surface area contributed by atoms with Gasteiger partial charge in [-0.2, -0.15) is 0 Å². The van der Waals surface area contributed by atoms with E-state index in [0.717, 1.165) is 32.0 Å². The fourth-order valence-corrected chi connectivity index (χ4v) is 2.34. The van der Waals surface area contributed by atoms with Crippen molar-refractivity contribution in [3.05, 3.63) is 47.6 Å². The van der Waals surface area contributed by atoms with Gasteiger partial charge in [0.25, 0.3) is 0 Å². The van der Waals surface area contributed by atoms with Crippen molar-refractivity contribution in [2.45, 2.75) is 25.7 Å². The Hall–Kier alpha value is -1.37. The van der Waals surface area contributed by atoms with E-state index in [4.69, 9.17) is 0 Å². The first-order valence-electron chi connectivity index (χ1n) is 5.50. The van der Waals surface area contributed by atoms with E-state index in [1.54, 1.807) is 0 Å². The van der Waals surface area contributed by atoms with E-state index in [2.05, 4.69) is 30.9 Å².